The summed E-state index contributed by atoms with van der Waals surface area (Å²) in [6, 6.07) is 10.2. The number of piperidine rings is 1. The summed E-state index contributed by atoms with van der Waals surface area (Å²) in [5, 5.41) is 6.57. The summed E-state index contributed by atoms with van der Waals surface area (Å²) < 4.78 is 38.4. The summed E-state index contributed by atoms with van der Waals surface area (Å²) in [7, 11) is 0. The van der Waals surface area contributed by atoms with Crippen molar-refractivity contribution in [3.05, 3.63) is 35.9 Å². The Balaban J connectivity index is 1.07. The SMILES string of the molecule is CCC12CC3(CC1N2CC[C@H](NC(=O)C1CCC(F)(F)CC1)c1ccccc1)CN(CC1(C)COCOC1)C(=O)N3. The van der Waals surface area contributed by atoms with Crippen LogP contribution in [-0.2, 0) is 14.3 Å². The van der Waals surface area contributed by atoms with Gasteiger partial charge in [-0.15, -0.1) is 0 Å². The Morgan fingerprint density at radius 1 is 1.17 bits per heavy atom. The number of carbonyl (C=O) groups excluding carboxylic acids is 2. The molecule has 0 aromatic heterocycles. The van der Waals surface area contributed by atoms with E-state index in [0.29, 0.717) is 39.1 Å². The molecule has 3 aliphatic heterocycles. The van der Waals surface area contributed by atoms with Gasteiger partial charge < -0.3 is 25.0 Å². The van der Waals surface area contributed by atoms with Crippen LogP contribution in [0.5, 0.6) is 0 Å². The number of nitrogens with one attached hydrogen (secondary N) is 2. The van der Waals surface area contributed by atoms with Gasteiger partial charge in [0.1, 0.15) is 6.79 Å². The molecule has 6 rings (SSSR count). The summed E-state index contributed by atoms with van der Waals surface area (Å²) in [6.07, 6.45) is 3.64. The Labute approximate surface area is 241 Å². The van der Waals surface area contributed by atoms with Gasteiger partial charge in [0.15, 0.2) is 0 Å². The van der Waals surface area contributed by atoms with Crippen molar-refractivity contribution in [2.45, 2.75) is 94.3 Å². The fraction of sp³-hybridized carbons (Fsp3) is 0.742. The summed E-state index contributed by atoms with van der Waals surface area (Å²) in [4.78, 5) is 30.7. The zero-order chi connectivity index (χ0) is 28.9. The molecule has 10 heteroatoms. The number of carbonyl (C=O) groups is 2. The first-order chi connectivity index (χ1) is 19.6. The highest BCUT2D eigenvalue weighted by Crippen LogP contribution is 2.60. The lowest BCUT2D eigenvalue weighted by Crippen LogP contribution is -2.46. The zero-order valence-electron chi connectivity index (χ0n) is 24.3. The topological polar surface area (TPSA) is 82.9 Å². The molecule has 5 fully saturated rings. The van der Waals surface area contributed by atoms with E-state index in [2.05, 4.69) is 29.4 Å². The molecule has 2 saturated carbocycles. The first-order valence-electron chi connectivity index (χ1n) is 15.3. The van der Waals surface area contributed by atoms with Gasteiger partial charge in [0.25, 0.3) is 0 Å². The zero-order valence-corrected chi connectivity index (χ0v) is 24.3. The van der Waals surface area contributed by atoms with Gasteiger partial charge in [0.2, 0.25) is 11.8 Å². The highest BCUT2D eigenvalue weighted by atomic mass is 19.3. The summed E-state index contributed by atoms with van der Waals surface area (Å²) >= 11 is 0. The number of benzene rings is 1. The Kier molecular flexibility index (Phi) is 7.56. The maximum atomic E-state index is 13.7. The molecule has 5 atom stereocenters. The Hall–Kier alpha value is -2.30. The molecule has 2 N–H and O–H groups in total. The van der Waals surface area contributed by atoms with Crippen molar-refractivity contribution in [1.82, 2.24) is 20.4 Å². The Morgan fingerprint density at radius 3 is 2.54 bits per heavy atom. The minimum absolute atomic E-state index is 0.00299. The van der Waals surface area contributed by atoms with E-state index in [1.807, 2.05) is 35.2 Å². The number of fused-ring (bicyclic) bond motifs is 1. The molecular weight excluding hydrogens is 530 g/mol. The lowest BCUT2D eigenvalue weighted by Gasteiger charge is -2.36. The fourth-order valence-corrected chi connectivity index (χ4v) is 8.22. The van der Waals surface area contributed by atoms with Gasteiger partial charge >= 0.3 is 6.03 Å². The van der Waals surface area contributed by atoms with Crippen LogP contribution < -0.4 is 10.6 Å². The summed E-state index contributed by atoms with van der Waals surface area (Å²) in [5.41, 5.74) is 0.688. The van der Waals surface area contributed by atoms with Crippen LogP contribution in [0, 0.1) is 11.3 Å². The normalized spacial score (nSPS) is 34.7. The molecule has 1 aromatic carbocycles. The number of hydrogen-bond donors (Lipinski definition) is 2. The molecule has 5 aliphatic rings. The van der Waals surface area contributed by atoms with Crippen LogP contribution in [0.4, 0.5) is 13.6 Å². The number of alkyl halides is 2. The average molecular weight is 575 g/mol. The molecule has 0 bridgehead atoms. The second kappa shape index (κ2) is 10.8. The largest absolute Gasteiger partial charge is 0.355 e. The van der Waals surface area contributed by atoms with Crippen molar-refractivity contribution >= 4 is 11.9 Å². The standard InChI is InChI=1S/C31H44F2N4O4/c1-3-30-16-29(18-36(27(39)35-29)17-28(2)19-40-21-41-20-28)15-25(30)37(30)14-11-24(22-7-5-4-6-8-22)34-26(38)23-9-12-31(32,33)13-10-23/h4-8,23-25H,3,9-21H2,1-2H3,(H,34,38)(H,35,39)/t24-,25?,29?,30?,37?/m0/s1. The summed E-state index contributed by atoms with van der Waals surface area (Å²) in [6.45, 7) is 7.99. The van der Waals surface area contributed by atoms with E-state index in [4.69, 9.17) is 9.47 Å². The molecule has 8 nitrogen and oxygen atoms in total. The van der Waals surface area contributed by atoms with E-state index < -0.39 is 5.92 Å². The van der Waals surface area contributed by atoms with Crippen LogP contribution in [0.25, 0.3) is 0 Å². The third-order valence-electron chi connectivity index (χ3n) is 10.4. The van der Waals surface area contributed by atoms with E-state index in [1.165, 1.54) is 0 Å². The number of urea groups is 1. The van der Waals surface area contributed by atoms with E-state index in [-0.39, 0.29) is 66.1 Å². The van der Waals surface area contributed by atoms with Gasteiger partial charge in [-0.1, -0.05) is 44.2 Å². The highest BCUT2D eigenvalue weighted by Gasteiger charge is 2.71. The number of hydrogen-bond acceptors (Lipinski definition) is 5. The third-order valence-corrected chi connectivity index (χ3v) is 10.4. The Bertz CT molecular complexity index is 1120. The van der Waals surface area contributed by atoms with E-state index in [1.54, 1.807) is 0 Å². The predicted molar refractivity (Wildman–Crippen MR) is 149 cm³/mol. The predicted octanol–water partition coefficient (Wildman–Crippen LogP) is 4.46. The number of rotatable bonds is 9. The van der Waals surface area contributed by atoms with Gasteiger partial charge in [-0.25, -0.2) is 13.6 Å². The van der Waals surface area contributed by atoms with Gasteiger partial charge in [0, 0.05) is 55.4 Å². The van der Waals surface area contributed by atoms with Crippen LogP contribution in [0.2, 0.25) is 0 Å². The van der Waals surface area contributed by atoms with Gasteiger partial charge in [-0.05, 0) is 44.1 Å². The monoisotopic (exact) mass is 574 g/mol. The van der Waals surface area contributed by atoms with Gasteiger partial charge in [0.05, 0.1) is 24.8 Å². The lowest BCUT2D eigenvalue weighted by atomic mass is 9.86. The molecule has 41 heavy (non-hydrogen) atoms. The number of likely N-dealkylation sites (tertiary alicyclic amines) is 1. The van der Waals surface area contributed by atoms with E-state index in [9.17, 15) is 18.4 Å². The number of ether oxygens (including phenoxy) is 2. The van der Waals surface area contributed by atoms with Crippen LogP contribution in [-0.4, -0.2) is 84.4 Å². The Morgan fingerprint density at radius 2 is 1.88 bits per heavy atom. The average Bonchev–Trinajstić information content (AvgIpc) is 3.21. The van der Waals surface area contributed by atoms with Crippen molar-refractivity contribution in [1.29, 1.82) is 0 Å². The third kappa shape index (κ3) is 5.71. The van der Waals surface area contributed by atoms with Crippen LogP contribution >= 0.6 is 0 Å². The van der Waals surface area contributed by atoms with Crippen LogP contribution in [0.1, 0.15) is 76.8 Å². The van der Waals surface area contributed by atoms with Gasteiger partial charge in [-0.3, -0.25) is 9.69 Å². The smallest absolute Gasteiger partial charge is 0.317 e. The van der Waals surface area contributed by atoms with Crippen molar-refractivity contribution in [2.24, 2.45) is 11.3 Å². The van der Waals surface area contributed by atoms with Crippen LogP contribution in [0.3, 0.4) is 0 Å². The molecule has 1 spiro atoms. The molecule has 3 saturated heterocycles. The van der Waals surface area contributed by atoms with Crippen molar-refractivity contribution in [3.8, 4) is 0 Å². The molecule has 1 aromatic rings. The minimum atomic E-state index is -2.65. The molecule has 2 aliphatic carbocycles. The molecular formula is C31H44F2N4O4. The maximum absolute atomic E-state index is 13.7. The molecule has 3 heterocycles. The number of halogens is 2. The highest BCUT2D eigenvalue weighted by molar-refractivity contribution is 5.79. The van der Waals surface area contributed by atoms with E-state index in [0.717, 1.165) is 37.8 Å². The fourth-order valence-electron chi connectivity index (χ4n) is 8.22. The minimum Gasteiger partial charge on any atom is -0.355 e. The molecule has 3 amide bonds. The first-order valence-corrected chi connectivity index (χ1v) is 15.3. The molecule has 226 valence electrons. The second-order valence-electron chi connectivity index (χ2n) is 13.6. The lowest BCUT2D eigenvalue weighted by molar-refractivity contribution is -0.162. The van der Waals surface area contributed by atoms with E-state index >= 15 is 0 Å². The molecule has 4 unspecified atom stereocenters. The quantitative estimate of drug-likeness (QED) is 0.426. The van der Waals surface area contributed by atoms with Crippen molar-refractivity contribution in [2.75, 3.05) is 39.6 Å². The first kappa shape index (κ1) is 28.8. The van der Waals surface area contributed by atoms with Crippen LogP contribution in [0.15, 0.2) is 30.3 Å². The number of nitrogens with zero attached hydrogens (tertiary/aromatic N) is 2. The maximum Gasteiger partial charge on any atom is 0.317 e. The summed E-state index contributed by atoms with van der Waals surface area (Å²) in [5.74, 6) is -3.11. The van der Waals surface area contributed by atoms with Crippen molar-refractivity contribution < 1.29 is 27.8 Å². The van der Waals surface area contributed by atoms with Crippen molar-refractivity contribution in [3.63, 3.8) is 0 Å². The second-order valence-corrected chi connectivity index (χ2v) is 13.6. The number of amides is 3. The van der Waals surface area contributed by atoms with Gasteiger partial charge in [-0.2, -0.15) is 0 Å². The molecule has 0 radical (unpaired) electrons.